The van der Waals surface area contributed by atoms with Gasteiger partial charge in [0, 0.05) is 14.2 Å². The molecular formula is C14H11ClINO2. The highest BCUT2D eigenvalue weighted by Crippen LogP contribution is 2.23. The Morgan fingerprint density at radius 2 is 2.00 bits per heavy atom. The van der Waals surface area contributed by atoms with Gasteiger partial charge in [-0.1, -0.05) is 11.6 Å². The maximum atomic E-state index is 12.2. The van der Waals surface area contributed by atoms with E-state index in [0.717, 1.165) is 9.13 Å². The topological polar surface area (TPSA) is 49.3 Å². The molecule has 19 heavy (non-hydrogen) atoms. The molecule has 2 aromatic rings. The van der Waals surface area contributed by atoms with Crippen LogP contribution in [0.4, 0.5) is 5.69 Å². The van der Waals surface area contributed by atoms with Gasteiger partial charge in [0.05, 0.1) is 5.69 Å². The second kappa shape index (κ2) is 5.79. The molecule has 0 saturated carbocycles. The van der Waals surface area contributed by atoms with E-state index in [1.54, 1.807) is 37.3 Å². The molecule has 1 amide bonds. The molecule has 0 heterocycles. The van der Waals surface area contributed by atoms with Crippen LogP contribution in [0.25, 0.3) is 0 Å². The summed E-state index contributed by atoms with van der Waals surface area (Å²) in [5.41, 5.74) is 1.97. The number of phenols is 1. The quantitative estimate of drug-likeness (QED) is 0.758. The van der Waals surface area contributed by atoms with Gasteiger partial charge in [-0.25, -0.2) is 0 Å². The van der Waals surface area contributed by atoms with Crippen molar-refractivity contribution >= 4 is 45.8 Å². The monoisotopic (exact) mass is 387 g/mol. The molecular weight excluding hydrogens is 377 g/mol. The number of phenolic OH excluding ortho intramolecular Hbond substituents is 1. The Hall–Kier alpha value is -1.27. The minimum atomic E-state index is -0.210. The molecule has 0 aromatic heterocycles. The van der Waals surface area contributed by atoms with Crippen LogP contribution in [0.5, 0.6) is 5.75 Å². The highest BCUT2D eigenvalue weighted by molar-refractivity contribution is 14.1. The largest absolute Gasteiger partial charge is 0.508 e. The Morgan fingerprint density at radius 1 is 1.26 bits per heavy atom. The molecule has 2 N–H and O–H groups in total. The summed E-state index contributed by atoms with van der Waals surface area (Å²) >= 11 is 7.98. The third kappa shape index (κ3) is 3.39. The molecule has 0 fully saturated rings. The van der Waals surface area contributed by atoms with Crippen molar-refractivity contribution in [1.82, 2.24) is 0 Å². The minimum absolute atomic E-state index is 0.148. The van der Waals surface area contributed by atoms with Gasteiger partial charge in [0.15, 0.2) is 0 Å². The Bertz CT molecular complexity index is 643. The lowest BCUT2D eigenvalue weighted by molar-refractivity contribution is 0.102. The van der Waals surface area contributed by atoms with Crippen molar-refractivity contribution in [2.75, 3.05) is 5.32 Å². The predicted octanol–water partition coefficient (Wildman–Crippen LogP) is 4.21. The van der Waals surface area contributed by atoms with Crippen molar-refractivity contribution < 1.29 is 9.90 Å². The van der Waals surface area contributed by atoms with Crippen molar-refractivity contribution in [3.63, 3.8) is 0 Å². The lowest BCUT2D eigenvalue weighted by Gasteiger charge is -2.09. The van der Waals surface area contributed by atoms with E-state index in [2.05, 4.69) is 27.9 Å². The van der Waals surface area contributed by atoms with Gasteiger partial charge in [-0.3, -0.25) is 4.79 Å². The van der Waals surface area contributed by atoms with E-state index in [0.29, 0.717) is 16.3 Å². The van der Waals surface area contributed by atoms with Gasteiger partial charge < -0.3 is 10.4 Å². The standard InChI is InChI=1S/C14H11ClINO2/c1-8-6-10(18)3-4-11(8)14(19)17-13-5-2-9(15)7-12(13)16/h2-7,18H,1H3,(H,17,19). The lowest BCUT2D eigenvalue weighted by atomic mass is 10.1. The van der Waals surface area contributed by atoms with Crippen molar-refractivity contribution in [3.8, 4) is 5.75 Å². The average Bonchev–Trinajstić information content (AvgIpc) is 2.32. The van der Waals surface area contributed by atoms with Crippen molar-refractivity contribution in [2.45, 2.75) is 6.92 Å². The van der Waals surface area contributed by atoms with Crippen LogP contribution in [-0.4, -0.2) is 11.0 Å². The molecule has 0 radical (unpaired) electrons. The normalized spacial score (nSPS) is 10.3. The molecule has 0 saturated heterocycles. The minimum Gasteiger partial charge on any atom is -0.508 e. The van der Waals surface area contributed by atoms with Crippen LogP contribution in [0.1, 0.15) is 15.9 Å². The third-order valence-corrected chi connectivity index (χ3v) is 3.76. The molecule has 0 aliphatic heterocycles. The number of amides is 1. The summed E-state index contributed by atoms with van der Waals surface area (Å²) in [6.45, 7) is 1.78. The Kier molecular flexibility index (Phi) is 4.31. The van der Waals surface area contributed by atoms with Gasteiger partial charge >= 0.3 is 0 Å². The average molecular weight is 388 g/mol. The molecule has 0 atom stereocenters. The zero-order valence-corrected chi connectivity index (χ0v) is 13.0. The summed E-state index contributed by atoms with van der Waals surface area (Å²) in [5.74, 6) is -0.0622. The van der Waals surface area contributed by atoms with Crippen molar-refractivity contribution in [2.24, 2.45) is 0 Å². The summed E-state index contributed by atoms with van der Waals surface area (Å²) in [4.78, 5) is 12.2. The molecule has 5 heteroatoms. The molecule has 0 spiro atoms. The first-order chi connectivity index (χ1) is 8.97. The van der Waals surface area contributed by atoms with Crippen LogP contribution in [0.2, 0.25) is 5.02 Å². The molecule has 0 bridgehead atoms. The molecule has 0 unspecified atom stereocenters. The first-order valence-electron chi connectivity index (χ1n) is 5.53. The molecule has 98 valence electrons. The number of carbonyl (C=O) groups is 1. The van der Waals surface area contributed by atoms with E-state index in [1.807, 2.05) is 0 Å². The maximum Gasteiger partial charge on any atom is 0.255 e. The summed E-state index contributed by atoms with van der Waals surface area (Å²) in [6, 6.07) is 9.92. The first-order valence-corrected chi connectivity index (χ1v) is 6.99. The zero-order chi connectivity index (χ0) is 14.0. The third-order valence-electron chi connectivity index (χ3n) is 2.63. The van der Waals surface area contributed by atoms with Gasteiger partial charge in [0.25, 0.3) is 5.91 Å². The summed E-state index contributed by atoms with van der Waals surface area (Å²) in [6.07, 6.45) is 0. The van der Waals surface area contributed by atoms with Crippen LogP contribution in [0.15, 0.2) is 36.4 Å². The fourth-order valence-corrected chi connectivity index (χ4v) is 2.69. The number of benzene rings is 2. The van der Waals surface area contributed by atoms with Gasteiger partial charge in [0.1, 0.15) is 5.75 Å². The van der Waals surface area contributed by atoms with Crippen LogP contribution >= 0.6 is 34.2 Å². The number of hydrogen-bond acceptors (Lipinski definition) is 2. The smallest absolute Gasteiger partial charge is 0.255 e. The fraction of sp³-hybridized carbons (Fsp3) is 0.0714. The van der Waals surface area contributed by atoms with Crippen LogP contribution < -0.4 is 5.32 Å². The Balaban J connectivity index is 2.25. The summed E-state index contributed by atoms with van der Waals surface area (Å²) < 4.78 is 0.870. The SMILES string of the molecule is Cc1cc(O)ccc1C(=O)Nc1ccc(Cl)cc1I. The van der Waals surface area contributed by atoms with Crippen molar-refractivity contribution in [1.29, 1.82) is 0 Å². The molecule has 3 nitrogen and oxygen atoms in total. The predicted molar refractivity (Wildman–Crippen MR) is 85.0 cm³/mol. The van der Waals surface area contributed by atoms with Crippen molar-refractivity contribution in [3.05, 3.63) is 56.1 Å². The summed E-state index contributed by atoms with van der Waals surface area (Å²) in [7, 11) is 0. The summed E-state index contributed by atoms with van der Waals surface area (Å²) in [5, 5.41) is 12.8. The number of halogens is 2. The highest BCUT2D eigenvalue weighted by Gasteiger charge is 2.11. The number of anilines is 1. The second-order valence-corrected chi connectivity index (χ2v) is 5.68. The Morgan fingerprint density at radius 3 is 2.63 bits per heavy atom. The number of carbonyl (C=O) groups excluding carboxylic acids is 1. The number of rotatable bonds is 2. The zero-order valence-electron chi connectivity index (χ0n) is 10.1. The molecule has 2 aromatic carbocycles. The van der Waals surface area contributed by atoms with Crippen LogP contribution in [0, 0.1) is 10.5 Å². The van der Waals surface area contributed by atoms with E-state index in [9.17, 15) is 9.90 Å². The van der Waals surface area contributed by atoms with E-state index >= 15 is 0 Å². The van der Waals surface area contributed by atoms with E-state index in [-0.39, 0.29) is 11.7 Å². The van der Waals surface area contributed by atoms with E-state index in [1.165, 1.54) is 6.07 Å². The van der Waals surface area contributed by atoms with Gasteiger partial charge in [-0.05, 0) is 71.5 Å². The van der Waals surface area contributed by atoms with E-state index < -0.39 is 0 Å². The second-order valence-electron chi connectivity index (χ2n) is 4.08. The number of hydrogen-bond donors (Lipinski definition) is 2. The van der Waals surface area contributed by atoms with Gasteiger partial charge in [0.2, 0.25) is 0 Å². The molecule has 2 rings (SSSR count). The van der Waals surface area contributed by atoms with Crippen LogP contribution in [-0.2, 0) is 0 Å². The number of aryl methyl sites for hydroxylation is 1. The fourth-order valence-electron chi connectivity index (χ4n) is 1.68. The molecule has 0 aliphatic carbocycles. The number of aromatic hydroxyl groups is 1. The van der Waals surface area contributed by atoms with Crippen LogP contribution in [0.3, 0.4) is 0 Å². The van der Waals surface area contributed by atoms with Gasteiger partial charge in [-0.2, -0.15) is 0 Å². The number of nitrogens with one attached hydrogen (secondary N) is 1. The first kappa shape index (κ1) is 14.1. The van der Waals surface area contributed by atoms with Gasteiger partial charge in [-0.15, -0.1) is 0 Å². The Labute approximate surface area is 129 Å². The maximum absolute atomic E-state index is 12.2. The van der Waals surface area contributed by atoms with E-state index in [4.69, 9.17) is 11.6 Å². The highest BCUT2D eigenvalue weighted by atomic mass is 127. The molecule has 0 aliphatic rings. The lowest BCUT2D eigenvalue weighted by Crippen LogP contribution is -2.14.